The molecular formula is C42H50O4. The highest BCUT2D eigenvalue weighted by Crippen LogP contribution is 2.51. The Morgan fingerprint density at radius 2 is 1.22 bits per heavy atom. The maximum absolute atomic E-state index is 13.9. The van der Waals surface area contributed by atoms with E-state index in [4.69, 9.17) is 9.47 Å². The minimum Gasteiger partial charge on any atom is -0.469 e. The zero-order chi connectivity index (χ0) is 33.0. The first kappa shape index (κ1) is 34.7. The van der Waals surface area contributed by atoms with Gasteiger partial charge in [0.25, 0.3) is 0 Å². The molecule has 4 atom stereocenters. The summed E-state index contributed by atoms with van der Waals surface area (Å²) in [7, 11) is 1.45. The molecule has 0 spiro atoms. The summed E-state index contributed by atoms with van der Waals surface area (Å²) in [4.78, 5) is 27.3. The molecule has 0 aromatic heterocycles. The standard InChI is InChI=1S/C42H50O4/c1-6-32(2)27-36(35-21-13-8-14-22-35)29-42(37-23-15-9-16-24-37,38-25-17-10-18-26-38)31-41(4,40(44)45-5)28-33(3)39(43)46-30-34-19-11-7-12-20-34/h7-26,32-33,36H,6,27-31H2,1-5H3. The zero-order valence-corrected chi connectivity index (χ0v) is 28.2. The monoisotopic (exact) mass is 618 g/mol. The Balaban J connectivity index is 1.79. The fourth-order valence-electron chi connectivity index (χ4n) is 7.10. The van der Waals surface area contributed by atoms with E-state index in [1.165, 1.54) is 12.7 Å². The Kier molecular flexibility index (Phi) is 12.4. The Labute approximate surface area is 276 Å². The van der Waals surface area contributed by atoms with E-state index >= 15 is 0 Å². The first-order valence-electron chi connectivity index (χ1n) is 16.7. The summed E-state index contributed by atoms with van der Waals surface area (Å²) >= 11 is 0. The summed E-state index contributed by atoms with van der Waals surface area (Å²) in [6.07, 6.45) is 3.69. The van der Waals surface area contributed by atoms with Gasteiger partial charge in [-0.15, -0.1) is 0 Å². The van der Waals surface area contributed by atoms with Crippen LogP contribution < -0.4 is 0 Å². The summed E-state index contributed by atoms with van der Waals surface area (Å²) in [6, 6.07) is 41.6. The average Bonchev–Trinajstić information content (AvgIpc) is 3.10. The van der Waals surface area contributed by atoms with Gasteiger partial charge in [-0.2, -0.15) is 0 Å². The lowest BCUT2D eigenvalue weighted by atomic mass is 9.59. The van der Waals surface area contributed by atoms with Crippen molar-refractivity contribution in [2.45, 2.75) is 77.7 Å². The van der Waals surface area contributed by atoms with Crippen molar-refractivity contribution < 1.29 is 19.1 Å². The molecule has 0 aliphatic heterocycles. The van der Waals surface area contributed by atoms with Crippen LogP contribution >= 0.6 is 0 Å². The molecule has 0 heterocycles. The Bertz CT molecular complexity index is 1450. The van der Waals surface area contributed by atoms with Crippen molar-refractivity contribution in [3.63, 3.8) is 0 Å². The number of esters is 2. The Morgan fingerprint density at radius 3 is 1.72 bits per heavy atom. The maximum Gasteiger partial charge on any atom is 0.311 e. The second-order valence-electron chi connectivity index (χ2n) is 13.3. The van der Waals surface area contributed by atoms with Crippen molar-refractivity contribution in [3.05, 3.63) is 144 Å². The first-order valence-corrected chi connectivity index (χ1v) is 16.7. The predicted molar refractivity (Wildman–Crippen MR) is 186 cm³/mol. The lowest BCUT2D eigenvalue weighted by molar-refractivity contribution is -0.157. The van der Waals surface area contributed by atoms with E-state index in [2.05, 4.69) is 92.7 Å². The van der Waals surface area contributed by atoms with E-state index in [1.807, 2.05) is 56.3 Å². The van der Waals surface area contributed by atoms with Crippen LogP contribution in [0.3, 0.4) is 0 Å². The van der Waals surface area contributed by atoms with Gasteiger partial charge < -0.3 is 9.47 Å². The summed E-state index contributed by atoms with van der Waals surface area (Å²) in [5, 5.41) is 0. The zero-order valence-electron chi connectivity index (χ0n) is 28.2. The van der Waals surface area contributed by atoms with Crippen LogP contribution in [0.1, 0.15) is 88.0 Å². The molecule has 4 nitrogen and oxygen atoms in total. The van der Waals surface area contributed by atoms with E-state index in [9.17, 15) is 9.59 Å². The molecule has 4 unspecified atom stereocenters. The summed E-state index contributed by atoms with van der Waals surface area (Å²) in [5.74, 6) is -0.373. The molecule has 242 valence electrons. The van der Waals surface area contributed by atoms with E-state index in [0.717, 1.165) is 36.0 Å². The molecule has 0 saturated heterocycles. The van der Waals surface area contributed by atoms with E-state index in [1.54, 1.807) is 0 Å². The molecule has 0 fully saturated rings. The molecule has 0 bridgehead atoms. The largest absolute Gasteiger partial charge is 0.469 e. The highest BCUT2D eigenvalue weighted by Gasteiger charge is 2.48. The molecule has 0 saturated carbocycles. The third kappa shape index (κ3) is 8.75. The molecular weight excluding hydrogens is 568 g/mol. The number of carbonyl (C=O) groups excluding carboxylic acids is 2. The van der Waals surface area contributed by atoms with E-state index in [0.29, 0.717) is 18.8 Å². The van der Waals surface area contributed by atoms with Gasteiger partial charge in [-0.05, 0) is 66.7 Å². The maximum atomic E-state index is 13.9. The molecule has 0 aliphatic rings. The van der Waals surface area contributed by atoms with Crippen molar-refractivity contribution in [1.82, 2.24) is 0 Å². The predicted octanol–water partition coefficient (Wildman–Crippen LogP) is 9.92. The first-order chi connectivity index (χ1) is 22.2. The van der Waals surface area contributed by atoms with Crippen LogP contribution in [0.25, 0.3) is 0 Å². The van der Waals surface area contributed by atoms with Gasteiger partial charge in [-0.1, -0.05) is 149 Å². The number of rotatable bonds is 16. The molecule has 4 aromatic rings. The van der Waals surface area contributed by atoms with Crippen LogP contribution in [0.15, 0.2) is 121 Å². The normalized spacial score (nSPS) is 14.8. The lowest BCUT2D eigenvalue weighted by Gasteiger charge is -2.44. The number of benzene rings is 4. The fraction of sp³-hybridized carbons (Fsp3) is 0.381. The van der Waals surface area contributed by atoms with Crippen molar-refractivity contribution in [2.75, 3.05) is 7.11 Å². The molecule has 0 aliphatic carbocycles. The van der Waals surface area contributed by atoms with Crippen LogP contribution in [0, 0.1) is 17.3 Å². The van der Waals surface area contributed by atoms with E-state index < -0.39 is 16.7 Å². The quantitative estimate of drug-likeness (QED) is 0.117. The highest BCUT2D eigenvalue weighted by atomic mass is 16.5. The van der Waals surface area contributed by atoms with Crippen LogP contribution in [-0.4, -0.2) is 19.0 Å². The second kappa shape index (κ2) is 16.4. The summed E-state index contributed by atoms with van der Waals surface area (Å²) in [6.45, 7) is 8.60. The number of ether oxygens (including phenoxy) is 2. The third-order valence-corrected chi connectivity index (χ3v) is 9.66. The van der Waals surface area contributed by atoms with Gasteiger partial charge in [-0.3, -0.25) is 9.59 Å². The number of hydrogen-bond donors (Lipinski definition) is 0. The number of methoxy groups -OCH3 is 1. The Hall–Kier alpha value is -4.18. The van der Waals surface area contributed by atoms with Gasteiger partial charge in [0.15, 0.2) is 0 Å². The van der Waals surface area contributed by atoms with Crippen molar-refractivity contribution >= 4 is 11.9 Å². The SMILES string of the molecule is CCC(C)CC(CC(CC(C)(CC(C)C(=O)OCc1ccccc1)C(=O)OC)(c1ccccc1)c1ccccc1)c1ccccc1. The highest BCUT2D eigenvalue weighted by molar-refractivity contribution is 5.79. The lowest BCUT2D eigenvalue weighted by Crippen LogP contribution is -2.42. The molecule has 46 heavy (non-hydrogen) atoms. The van der Waals surface area contributed by atoms with Crippen molar-refractivity contribution in [1.29, 1.82) is 0 Å². The van der Waals surface area contributed by atoms with Crippen LogP contribution in [0.4, 0.5) is 0 Å². The second-order valence-corrected chi connectivity index (χ2v) is 13.3. The minimum absolute atomic E-state index is 0.200. The third-order valence-electron chi connectivity index (χ3n) is 9.66. The number of hydrogen-bond acceptors (Lipinski definition) is 4. The van der Waals surface area contributed by atoms with Gasteiger partial charge in [0.1, 0.15) is 6.61 Å². The average molecular weight is 619 g/mol. The molecule has 4 heteroatoms. The van der Waals surface area contributed by atoms with Crippen molar-refractivity contribution in [3.8, 4) is 0 Å². The fourth-order valence-corrected chi connectivity index (χ4v) is 7.10. The van der Waals surface area contributed by atoms with Crippen molar-refractivity contribution in [2.24, 2.45) is 17.3 Å². The molecule has 0 amide bonds. The molecule has 0 radical (unpaired) electrons. The molecule has 4 rings (SSSR count). The van der Waals surface area contributed by atoms with Crippen LogP contribution in [0.5, 0.6) is 0 Å². The van der Waals surface area contributed by atoms with Gasteiger partial charge in [0.05, 0.1) is 18.4 Å². The van der Waals surface area contributed by atoms with Crippen LogP contribution in [-0.2, 0) is 31.1 Å². The van der Waals surface area contributed by atoms with Gasteiger partial charge in [0.2, 0.25) is 0 Å². The number of carbonyl (C=O) groups is 2. The van der Waals surface area contributed by atoms with Gasteiger partial charge >= 0.3 is 11.9 Å². The minimum atomic E-state index is -0.983. The smallest absolute Gasteiger partial charge is 0.311 e. The van der Waals surface area contributed by atoms with Gasteiger partial charge in [-0.25, -0.2) is 0 Å². The molecule has 4 aromatic carbocycles. The topological polar surface area (TPSA) is 52.6 Å². The Morgan fingerprint density at radius 1 is 0.717 bits per heavy atom. The summed E-state index contributed by atoms with van der Waals surface area (Å²) in [5.41, 5.74) is 3.01. The van der Waals surface area contributed by atoms with Gasteiger partial charge in [0, 0.05) is 5.41 Å². The van der Waals surface area contributed by atoms with Crippen LogP contribution in [0.2, 0.25) is 0 Å². The summed E-state index contributed by atoms with van der Waals surface area (Å²) < 4.78 is 11.3. The molecule has 0 N–H and O–H groups in total. The van der Waals surface area contributed by atoms with E-state index in [-0.39, 0.29) is 24.5 Å².